The summed E-state index contributed by atoms with van der Waals surface area (Å²) >= 11 is 4.98. The van der Waals surface area contributed by atoms with Crippen LogP contribution >= 0.6 is 12.2 Å². The van der Waals surface area contributed by atoms with E-state index >= 15 is 0 Å². The van der Waals surface area contributed by atoms with Crippen molar-refractivity contribution >= 4 is 23.2 Å². The van der Waals surface area contributed by atoms with Crippen molar-refractivity contribution in [3.8, 4) is 0 Å². The van der Waals surface area contributed by atoms with Gasteiger partial charge in [-0.1, -0.05) is 20.8 Å². The second-order valence-electron chi connectivity index (χ2n) is 4.66. The van der Waals surface area contributed by atoms with E-state index in [4.69, 9.17) is 12.2 Å². The number of rotatable bonds is 1. The molecule has 1 saturated heterocycles. The first-order valence-corrected chi connectivity index (χ1v) is 4.80. The molecule has 1 unspecified atom stereocenters. The van der Waals surface area contributed by atoms with Crippen LogP contribution in [0.15, 0.2) is 0 Å². The minimum absolute atomic E-state index is 0.0833. The number of carbonyl (C=O) groups is 1. The van der Waals surface area contributed by atoms with Gasteiger partial charge in [-0.2, -0.15) is 0 Å². The summed E-state index contributed by atoms with van der Waals surface area (Å²) in [7, 11) is 1.71. The molecule has 1 amide bonds. The first-order valence-electron chi connectivity index (χ1n) is 4.39. The molecule has 1 N–H and O–H groups in total. The maximum absolute atomic E-state index is 11.6. The summed E-state index contributed by atoms with van der Waals surface area (Å²) in [6, 6.07) is -0.127. The van der Waals surface area contributed by atoms with Gasteiger partial charge in [0.2, 0.25) is 0 Å². The largest absolute Gasteiger partial charge is 0.350 e. The molecule has 0 aromatic carbocycles. The van der Waals surface area contributed by atoms with Crippen molar-refractivity contribution < 1.29 is 4.79 Å². The van der Waals surface area contributed by atoms with Crippen molar-refractivity contribution in [1.29, 1.82) is 0 Å². The lowest BCUT2D eigenvalue weighted by Gasteiger charge is -2.21. The van der Waals surface area contributed by atoms with Gasteiger partial charge in [-0.3, -0.25) is 9.69 Å². The van der Waals surface area contributed by atoms with Crippen molar-refractivity contribution in [3.05, 3.63) is 0 Å². The van der Waals surface area contributed by atoms with Crippen molar-refractivity contribution in [2.24, 2.45) is 5.41 Å². The summed E-state index contributed by atoms with van der Waals surface area (Å²) in [5.41, 5.74) is 0.147. The lowest BCUT2D eigenvalue weighted by molar-refractivity contribution is -0.126. The number of carbonyl (C=O) groups excluding carboxylic acids is 1. The highest BCUT2D eigenvalue weighted by atomic mass is 32.1. The Kier molecular flexibility index (Phi) is 2.61. The third kappa shape index (κ3) is 2.40. The lowest BCUT2D eigenvalue weighted by atomic mass is 9.88. The van der Waals surface area contributed by atoms with Crippen LogP contribution in [-0.2, 0) is 4.79 Å². The molecule has 1 aliphatic heterocycles. The SMILES string of the molecule is CN1C(=O)C(CC(C)(C)C)NC1=S. The first-order chi connectivity index (χ1) is 5.81. The molecule has 0 spiro atoms. The number of thiocarbonyl (C=S) groups is 1. The maximum atomic E-state index is 11.6. The fraction of sp³-hybridized carbons (Fsp3) is 0.778. The highest BCUT2D eigenvalue weighted by molar-refractivity contribution is 7.80. The van der Waals surface area contributed by atoms with E-state index in [0.717, 1.165) is 6.42 Å². The van der Waals surface area contributed by atoms with E-state index in [1.54, 1.807) is 7.05 Å². The maximum Gasteiger partial charge on any atom is 0.251 e. The van der Waals surface area contributed by atoms with Crippen LogP contribution in [0.25, 0.3) is 0 Å². The van der Waals surface area contributed by atoms with Crippen molar-refractivity contribution in [1.82, 2.24) is 10.2 Å². The molecule has 1 atom stereocenters. The normalized spacial score (nSPS) is 23.7. The average Bonchev–Trinajstić information content (AvgIpc) is 2.15. The summed E-state index contributed by atoms with van der Waals surface area (Å²) in [4.78, 5) is 13.1. The molecule has 0 radical (unpaired) electrons. The molecule has 0 aromatic heterocycles. The Morgan fingerprint density at radius 1 is 1.54 bits per heavy atom. The molecule has 13 heavy (non-hydrogen) atoms. The molecule has 74 valence electrons. The van der Waals surface area contributed by atoms with E-state index in [1.807, 2.05) is 0 Å². The molecule has 0 bridgehead atoms. The highest BCUT2D eigenvalue weighted by Crippen LogP contribution is 2.23. The number of likely N-dealkylation sites (N-methyl/N-ethyl adjacent to an activating group) is 1. The van der Waals surface area contributed by atoms with Crippen molar-refractivity contribution in [3.63, 3.8) is 0 Å². The predicted octanol–water partition coefficient (Wildman–Crippen LogP) is 1.14. The van der Waals surface area contributed by atoms with Gasteiger partial charge in [0.1, 0.15) is 6.04 Å². The van der Waals surface area contributed by atoms with Gasteiger partial charge < -0.3 is 5.32 Å². The van der Waals surface area contributed by atoms with E-state index in [1.165, 1.54) is 4.90 Å². The Morgan fingerprint density at radius 2 is 2.08 bits per heavy atom. The Hall–Kier alpha value is -0.640. The number of nitrogens with zero attached hydrogens (tertiary/aromatic N) is 1. The molecule has 1 fully saturated rings. The predicted molar refractivity (Wildman–Crippen MR) is 56.4 cm³/mol. The van der Waals surface area contributed by atoms with Gasteiger partial charge in [0.05, 0.1) is 0 Å². The Bertz CT molecular complexity index is 244. The summed E-state index contributed by atoms with van der Waals surface area (Å²) in [5, 5.41) is 3.56. The van der Waals surface area contributed by atoms with Gasteiger partial charge in [-0.15, -0.1) is 0 Å². The van der Waals surface area contributed by atoms with Crippen LogP contribution in [-0.4, -0.2) is 29.0 Å². The van der Waals surface area contributed by atoms with E-state index in [9.17, 15) is 4.79 Å². The molecule has 1 heterocycles. The van der Waals surface area contributed by atoms with E-state index in [2.05, 4.69) is 26.1 Å². The molecule has 1 rings (SSSR count). The summed E-state index contributed by atoms with van der Waals surface area (Å²) in [6.07, 6.45) is 0.816. The van der Waals surface area contributed by atoms with Crippen LogP contribution in [0.3, 0.4) is 0 Å². The third-order valence-electron chi connectivity index (χ3n) is 2.05. The fourth-order valence-corrected chi connectivity index (χ4v) is 1.62. The summed E-state index contributed by atoms with van der Waals surface area (Å²) < 4.78 is 0. The molecule has 1 aliphatic rings. The summed E-state index contributed by atoms with van der Waals surface area (Å²) in [6.45, 7) is 6.34. The van der Waals surface area contributed by atoms with Crippen LogP contribution in [0.5, 0.6) is 0 Å². The Morgan fingerprint density at radius 3 is 2.38 bits per heavy atom. The van der Waals surface area contributed by atoms with Crippen LogP contribution in [0.1, 0.15) is 27.2 Å². The van der Waals surface area contributed by atoms with E-state index < -0.39 is 0 Å². The molecular weight excluding hydrogens is 184 g/mol. The van der Waals surface area contributed by atoms with Gasteiger partial charge in [-0.25, -0.2) is 0 Å². The van der Waals surface area contributed by atoms with E-state index in [0.29, 0.717) is 5.11 Å². The van der Waals surface area contributed by atoms with E-state index in [-0.39, 0.29) is 17.4 Å². The monoisotopic (exact) mass is 200 g/mol. The Balaban J connectivity index is 2.65. The number of hydrogen-bond acceptors (Lipinski definition) is 2. The number of hydrogen-bond donors (Lipinski definition) is 1. The zero-order valence-corrected chi connectivity index (χ0v) is 9.36. The lowest BCUT2D eigenvalue weighted by Crippen LogP contribution is -2.33. The van der Waals surface area contributed by atoms with Crippen LogP contribution in [0.2, 0.25) is 0 Å². The highest BCUT2D eigenvalue weighted by Gasteiger charge is 2.34. The standard InChI is InChI=1S/C9H16N2OS/c1-9(2,3)5-6-7(12)11(4)8(13)10-6/h6H,5H2,1-4H3,(H,10,13). The molecule has 3 nitrogen and oxygen atoms in total. The fourth-order valence-electron chi connectivity index (χ4n) is 1.39. The molecule has 0 aliphatic carbocycles. The minimum Gasteiger partial charge on any atom is -0.350 e. The molecule has 0 saturated carbocycles. The first kappa shape index (κ1) is 10.4. The average molecular weight is 200 g/mol. The third-order valence-corrected chi connectivity index (χ3v) is 2.44. The van der Waals surface area contributed by atoms with Crippen LogP contribution in [0, 0.1) is 5.41 Å². The Labute approximate surface area is 84.5 Å². The summed E-state index contributed by atoms with van der Waals surface area (Å²) in [5.74, 6) is 0.0833. The van der Waals surface area contributed by atoms with Gasteiger partial charge in [0.25, 0.3) is 5.91 Å². The smallest absolute Gasteiger partial charge is 0.251 e. The zero-order chi connectivity index (χ0) is 10.2. The second kappa shape index (κ2) is 3.25. The van der Waals surface area contributed by atoms with Crippen LogP contribution in [0.4, 0.5) is 0 Å². The second-order valence-corrected chi connectivity index (χ2v) is 5.05. The molecule has 0 aromatic rings. The minimum atomic E-state index is -0.127. The van der Waals surface area contributed by atoms with Gasteiger partial charge in [-0.05, 0) is 24.1 Å². The number of nitrogens with one attached hydrogen (secondary N) is 1. The number of amides is 1. The van der Waals surface area contributed by atoms with Crippen LogP contribution < -0.4 is 5.32 Å². The van der Waals surface area contributed by atoms with Crippen molar-refractivity contribution in [2.45, 2.75) is 33.2 Å². The molecule has 4 heteroatoms. The van der Waals surface area contributed by atoms with Gasteiger partial charge >= 0.3 is 0 Å². The quantitative estimate of drug-likeness (QED) is 0.644. The van der Waals surface area contributed by atoms with Gasteiger partial charge in [0.15, 0.2) is 5.11 Å². The zero-order valence-electron chi connectivity index (χ0n) is 8.55. The molecular formula is C9H16N2OS. The van der Waals surface area contributed by atoms with Gasteiger partial charge in [0, 0.05) is 7.05 Å². The topological polar surface area (TPSA) is 32.3 Å². The van der Waals surface area contributed by atoms with Crippen molar-refractivity contribution in [2.75, 3.05) is 7.05 Å².